The van der Waals surface area contributed by atoms with Gasteiger partial charge in [0.25, 0.3) is 0 Å². The third-order valence-electron chi connectivity index (χ3n) is 4.54. The lowest BCUT2D eigenvalue weighted by Crippen LogP contribution is -2.57. The van der Waals surface area contributed by atoms with Crippen LogP contribution in [0.3, 0.4) is 0 Å². The molecule has 1 saturated heterocycles. The number of carbonyl (C=O) groups excluding carboxylic acids is 2. The van der Waals surface area contributed by atoms with Crippen LogP contribution >= 0.6 is 0 Å². The van der Waals surface area contributed by atoms with E-state index >= 15 is 0 Å². The Kier molecular flexibility index (Phi) is 5.82. The highest BCUT2D eigenvalue weighted by molar-refractivity contribution is 5.95. The maximum Gasteiger partial charge on any atom is 0.322 e. The van der Waals surface area contributed by atoms with Crippen molar-refractivity contribution in [1.29, 1.82) is 0 Å². The fourth-order valence-electron chi connectivity index (χ4n) is 2.71. The Labute approximate surface area is 163 Å². The molecule has 0 aromatic heterocycles. The molecule has 148 valence electrons. The van der Waals surface area contributed by atoms with Crippen LogP contribution in [0.25, 0.3) is 0 Å². The van der Waals surface area contributed by atoms with Crippen molar-refractivity contribution >= 4 is 23.3 Å². The molecule has 6 nitrogen and oxygen atoms in total. The summed E-state index contributed by atoms with van der Waals surface area (Å²) in [7, 11) is 0. The maximum atomic E-state index is 13.6. The number of hydrogen-bond acceptors (Lipinski definition) is 3. The summed E-state index contributed by atoms with van der Waals surface area (Å²) in [5.41, 5.74) is 2.17. The molecule has 2 aromatic rings. The molecule has 0 aliphatic carbocycles. The number of rotatable bonds is 5. The molecule has 1 fully saturated rings. The van der Waals surface area contributed by atoms with Crippen LogP contribution in [0.5, 0.6) is 5.75 Å². The molecule has 0 atom stereocenters. The van der Waals surface area contributed by atoms with Crippen molar-refractivity contribution in [2.45, 2.75) is 26.9 Å². The average molecular weight is 385 g/mol. The number of hydrogen-bond donors (Lipinski definition) is 2. The summed E-state index contributed by atoms with van der Waals surface area (Å²) in [6, 6.07) is 11.3. The van der Waals surface area contributed by atoms with E-state index in [0.29, 0.717) is 24.5 Å². The SMILES string of the molecule is Cc1ccc(NC(=O)N2CC(Oc3ccccc3F)C2)cc1NC(=O)C(C)C. The first-order valence-corrected chi connectivity index (χ1v) is 9.22. The van der Waals surface area contributed by atoms with Crippen LogP contribution in [0.1, 0.15) is 19.4 Å². The Morgan fingerprint density at radius 3 is 2.54 bits per heavy atom. The van der Waals surface area contributed by atoms with E-state index in [1.165, 1.54) is 6.07 Å². The van der Waals surface area contributed by atoms with Crippen LogP contribution in [0.2, 0.25) is 0 Å². The van der Waals surface area contributed by atoms with Gasteiger partial charge < -0.3 is 20.3 Å². The van der Waals surface area contributed by atoms with E-state index in [2.05, 4.69) is 10.6 Å². The highest BCUT2D eigenvalue weighted by Gasteiger charge is 2.32. The first-order chi connectivity index (χ1) is 13.3. The van der Waals surface area contributed by atoms with Gasteiger partial charge in [-0.1, -0.05) is 32.0 Å². The fraction of sp³-hybridized carbons (Fsp3) is 0.333. The molecule has 7 heteroatoms. The van der Waals surface area contributed by atoms with Crippen LogP contribution in [-0.4, -0.2) is 36.0 Å². The molecule has 28 heavy (non-hydrogen) atoms. The third-order valence-corrected chi connectivity index (χ3v) is 4.54. The Morgan fingerprint density at radius 2 is 1.86 bits per heavy atom. The number of aryl methyl sites for hydroxylation is 1. The van der Waals surface area contributed by atoms with Gasteiger partial charge in [0.15, 0.2) is 11.6 Å². The predicted octanol–water partition coefficient (Wildman–Crippen LogP) is 4.02. The van der Waals surface area contributed by atoms with Crippen LogP contribution < -0.4 is 15.4 Å². The van der Waals surface area contributed by atoms with Crippen molar-refractivity contribution in [2.75, 3.05) is 23.7 Å². The maximum absolute atomic E-state index is 13.6. The van der Waals surface area contributed by atoms with Crippen molar-refractivity contribution in [3.05, 3.63) is 53.8 Å². The Hall–Kier alpha value is -3.09. The van der Waals surface area contributed by atoms with E-state index in [1.54, 1.807) is 35.2 Å². The number of nitrogens with zero attached hydrogens (tertiary/aromatic N) is 1. The molecular formula is C21H24FN3O3. The number of para-hydroxylation sites is 1. The minimum atomic E-state index is -0.416. The average Bonchev–Trinajstić information content (AvgIpc) is 2.61. The highest BCUT2D eigenvalue weighted by atomic mass is 19.1. The largest absolute Gasteiger partial charge is 0.484 e. The zero-order chi connectivity index (χ0) is 20.3. The van der Waals surface area contributed by atoms with Gasteiger partial charge in [-0.15, -0.1) is 0 Å². The summed E-state index contributed by atoms with van der Waals surface area (Å²) >= 11 is 0. The van der Waals surface area contributed by atoms with Gasteiger partial charge >= 0.3 is 6.03 Å². The van der Waals surface area contributed by atoms with E-state index in [9.17, 15) is 14.0 Å². The standard InChI is InChI=1S/C21H24FN3O3/c1-13(2)20(26)24-18-10-15(9-8-14(18)3)23-21(27)25-11-16(12-25)28-19-7-5-4-6-17(19)22/h4-10,13,16H,11-12H2,1-3H3,(H,23,27)(H,24,26). The molecular weight excluding hydrogens is 361 g/mol. The number of ether oxygens (including phenoxy) is 1. The molecule has 0 spiro atoms. The second kappa shape index (κ2) is 8.29. The van der Waals surface area contributed by atoms with Crippen LogP contribution in [0.4, 0.5) is 20.6 Å². The monoisotopic (exact) mass is 385 g/mol. The second-order valence-electron chi connectivity index (χ2n) is 7.18. The van der Waals surface area contributed by atoms with Gasteiger partial charge in [0.05, 0.1) is 13.1 Å². The van der Waals surface area contributed by atoms with Crippen molar-refractivity contribution in [3.8, 4) is 5.75 Å². The van der Waals surface area contributed by atoms with Gasteiger partial charge in [-0.05, 0) is 36.8 Å². The molecule has 1 aliphatic heterocycles. The van der Waals surface area contributed by atoms with Gasteiger partial charge in [-0.3, -0.25) is 4.79 Å². The lowest BCUT2D eigenvalue weighted by atomic mass is 10.1. The first-order valence-electron chi connectivity index (χ1n) is 9.22. The number of carbonyl (C=O) groups is 2. The number of amides is 3. The van der Waals surface area contributed by atoms with Gasteiger partial charge in [0, 0.05) is 17.3 Å². The van der Waals surface area contributed by atoms with Crippen molar-refractivity contribution in [1.82, 2.24) is 4.90 Å². The molecule has 0 saturated carbocycles. The lowest BCUT2D eigenvalue weighted by molar-refractivity contribution is -0.118. The number of likely N-dealkylation sites (tertiary alicyclic amines) is 1. The van der Waals surface area contributed by atoms with Gasteiger partial charge in [0.2, 0.25) is 5.91 Å². The molecule has 0 bridgehead atoms. The predicted molar refractivity (Wildman–Crippen MR) is 106 cm³/mol. The smallest absolute Gasteiger partial charge is 0.322 e. The van der Waals surface area contributed by atoms with Crippen molar-refractivity contribution < 1.29 is 18.7 Å². The summed E-state index contributed by atoms with van der Waals surface area (Å²) in [5, 5.41) is 5.68. The number of anilines is 2. The zero-order valence-corrected chi connectivity index (χ0v) is 16.2. The number of halogens is 1. The summed E-state index contributed by atoms with van der Waals surface area (Å²) in [4.78, 5) is 25.9. The second-order valence-corrected chi connectivity index (χ2v) is 7.18. The topological polar surface area (TPSA) is 70.7 Å². The normalized spacial score (nSPS) is 13.8. The molecule has 1 aliphatic rings. The van der Waals surface area contributed by atoms with E-state index in [-0.39, 0.29) is 29.7 Å². The summed E-state index contributed by atoms with van der Waals surface area (Å²) in [6.45, 7) is 6.29. The molecule has 0 unspecified atom stereocenters. The minimum Gasteiger partial charge on any atom is -0.484 e. The quantitative estimate of drug-likeness (QED) is 0.817. The molecule has 2 N–H and O–H groups in total. The van der Waals surface area contributed by atoms with E-state index in [0.717, 1.165) is 5.56 Å². The lowest BCUT2D eigenvalue weighted by Gasteiger charge is -2.38. The molecule has 3 rings (SSSR count). The number of benzene rings is 2. The van der Waals surface area contributed by atoms with Crippen molar-refractivity contribution in [2.24, 2.45) is 5.92 Å². The van der Waals surface area contributed by atoms with Crippen LogP contribution in [0.15, 0.2) is 42.5 Å². The Balaban J connectivity index is 1.54. The first kappa shape index (κ1) is 19.7. The number of urea groups is 1. The highest BCUT2D eigenvalue weighted by Crippen LogP contribution is 2.24. The van der Waals surface area contributed by atoms with Gasteiger partial charge in [-0.25, -0.2) is 9.18 Å². The summed E-state index contributed by atoms with van der Waals surface area (Å²) in [6.07, 6.45) is -0.235. The van der Waals surface area contributed by atoms with Crippen molar-refractivity contribution in [3.63, 3.8) is 0 Å². The van der Waals surface area contributed by atoms with Crippen LogP contribution in [-0.2, 0) is 4.79 Å². The van der Waals surface area contributed by atoms with E-state index in [4.69, 9.17) is 4.74 Å². The number of nitrogens with one attached hydrogen (secondary N) is 2. The van der Waals surface area contributed by atoms with Crippen LogP contribution in [0, 0.1) is 18.7 Å². The Bertz CT molecular complexity index is 879. The molecule has 2 aromatic carbocycles. The Morgan fingerprint density at radius 1 is 1.14 bits per heavy atom. The molecule has 0 radical (unpaired) electrons. The minimum absolute atomic E-state index is 0.0811. The fourth-order valence-corrected chi connectivity index (χ4v) is 2.71. The molecule has 1 heterocycles. The van der Waals surface area contributed by atoms with E-state index in [1.807, 2.05) is 26.8 Å². The van der Waals surface area contributed by atoms with Gasteiger partial charge in [-0.2, -0.15) is 0 Å². The summed E-state index contributed by atoms with van der Waals surface area (Å²) in [5.74, 6) is -0.440. The van der Waals surface area contributed by atoms with E-state index < -0.39 is 5.82 Å². The third kappa shape index (κ3) is 4.60. The van der Waals surface area contributed by atoms with Gasteiger partial charge in [0.1, 0.15) is 6.10 Å². The summed E-state index contributed by atoms with van der Waals surface area (Å²) < 4.78 is 19.2. The zero-order valence-electron chi connectivity index (χ0n) is 16.2. The molecule has 3 amide bonds.